The molecule has 1 aromatic rings. The fraction of sp³-hybridized carbons (Fsp3) is 0.600. The molecule has 2 fully saturated rings. The number of hydrogen-bond acceptors (Lipinski definition) is 3. The van der Waals surface area contributed by atoms with E-state index in [0.717, 1.165) is 24.8 Å². The third-order valence-corrected chi connectivity index (χ3v) is 5.79. The van der Waals surface area contributed by atoms with Crippen LogP contribution in [0.5, 0.6) is 0 Å². The van der Waals surface area contributed by atoms with Gasteiger partial charge in [0.15, 0.2) is 5.41 Å². The first kappa shape index (κ1) is 16.0. The first-order valence-electron chi connectivity index (χ1n) is 8.74. The molecule has 3 atom stereocenters. The monoisotopic (exact) mass is 308 g/mol. The maximum absolute atomic E-state index is 9.74. The molecule has 2 saturated carbocycles. The van der Waals surface area contributed by atoms with Crippen molar-refractivity contribution in [1.29, 1.82) is 10.5 Å². The number of rotatable bonds is 4. The SMILES string of the molecule is CC(OC1CC(C2CCCCC2)C1(C#N)C#N)c1ccccc1. The summed E-state index contributed by atoms with van der Waals surface area (Å²) in [5.41, 5.74) is 0.142. The molecule has 3 nitrogen and oxygen atoms in total. The van der Waals surface area contributed by atoms with Crippen LogP contribution in [0.25, 0.3) is 0 Å². The maximum Gasteiger partial charge on any atom is 0.172 e. The molecule has 2 aliphatic carbocycles. The van der Waals surface area contributed by atoms with Gasteiger partial charge in [0, 0.05) is 0 Å². The zero-order valence-electron chi connectivity index (χ0n) is 13.7. The summed E-state index contributed by atoms with van der Waals surface area (Å²) in [6.45, 7) is 2.00. The van der Waals surface area contributed by atoms with E-state index in [9.17, 15) is 10.5 Å². The lowest BCUT2D eigenvalue weighted by Gasteiger charge is -2.51. The van der Waals surface area contributed by atoms with Crippen LogP contribution in [0.4, 0.5) is 0 Å². The number of nitrogens with zero attached hydrogens (tertiary/aromatic N) is 2. The van der Waals surface area contributed by atoms with Crippen LogP contribution in [0.1, 0.15) is 57.1 Å². The van der Waals surface area contributed by atoms with E-state index in [0.29, 0.717) is 5.92 Å². The Kier molecular flexibility index (Phi) is 4.69. The van der Waals surface area contributed by atoms with E-state index in [-0.39, 0.29) is 18.1 Å². The second-order valence-corrected chi connectivity index (χ2v) is 7.01. The predicted octanol–water partition coefficient (Wildman–Crippen LogP) is 4.77. The Hall–Kier alpha value is -1.84. The van der Waals surface area contributed by atoms with Crippen LogP contribution in [0, 0.1) is 39.9 Å². The average Bonchev–Trinajstić information content (AvgIpc) is 2.61. The van der Waals surface area contributed by atoms with Crippen molar-refractivity contribution < 1.29 is 4.74 Å². The van der Waals surface area contributed by atoms with E-state index in [1.54, 1.807) is 0 Å². The van der Waals surface area contributed by atoms with Gasteiger partial charge < -0.3 is 4.74 Å². The van der Waals surface area contributed by atoms with E-state index in [2.05, 4.69) is 12.1 Å². The van der Waals surface area contributed by atoms with E-state index in [1.165, 1.54) is 19.3 Å². The molecule has 0 aliphatic heterocycles. The van der Waals surface area contributed by atoms with Crippen molar-refractivity contribution in [3.8, 4) is 12.1 Å². The molecule has 3 heteroatoms. The Labute approximate surface area is 138 Å². The van der Waals surface area contributed by atoms with Gasteiger partial charge in [0.25, 0.3) is 0 Å². The van der Waals surface area contributed by atoms with Gasteiger partial charge in [-0.25, -0.2) is 0 Å². The smallest absolute Gasteiger partial charge is 0.172 e. The van der Waals surface area contributed by atoms with E-state index in [4.69, 9.17) is 4.74 Å². The summed E-state index contributed by atoms with van der Waals surface area (Å²) in [4.78, 5) is 0. The molecular weight excluding hydrogens is 284 g/mol. The third kappa shape index (κ3) is 2.87. The zero-order valence-corrected chi connectivity index (χ0v) is 13.7. The second-order valence-electron chi connectivity index (χ2n) is 7.01. The molecule has 23 heavy (non-hydrogen) atoms. The highest BCUT2D eigenvalue weighted by Gasteiger charge is 2.60. The summed E-state index contributed by atoms with van der Waals surface area (Å²) >= 11 is 0. The zero-order chi connectivity index (χ0) is 16.3. The van der Waals surface area contributed by atoms with Crippen molar-refractivity contribution >= 4 is 0 Å². The standard InChI is InChI=1S/C20H24N2O/c1-15(16-8-4-2-5-9-16)23-19-12-18(20(19,13-21)14-22)17-10-6-3-7-11-17/h2,4-5,8-9,15,17-19H,3,6-7,10-12H2,1H3. The molecule has 0 saturated heterocycles. The van der Waals surface area contributed by atoms with Crippen molar-refractivity contribution in [3.05, 3.63) is 35.9 Å². The summed E-state index contributed by atoms with van der Waals surface area (Å²) in [5.74, 6) is 0.709. The quantitative estimate of drug-likeness (QED) is 0.805. The highest BCUT2D eigenvalue weighted by molar-refractivity contribution is 5.28. The molecule has 0 bridgehead atoms. The van der Waals surface area contributed by atoms with Crippen molar-refractivity contribution in [3.63, 3.8) is 0 Å². The van der Waals surface area contributed by atoms with Gasteiger partial charge in [-0.1, -0.05) is 62.4 Å². The number of nitriles is 2. The Morgan fingerprint density at radius 1 is 1.09 bits per heavy atom. The highest BCUT2D eigenvalue weighted by atomic mass is 16.5. The van der Waals surface area contributed by atoms with Gasteiger partial charge in [-0.05, 0) is 30.7 Å². The van der Waals surface area contributed by atoms with Gasteiger partial charge in [-0.15, -0.1) is 0 Å². The lowest BCUT2D eigenvalue weighted by atomic mass is 9.53. The minimum absolute atomic E-state index is 0.0884. The van der Waals surface area contributed by atoms with Crippen LogP contribution in [-0.2, 0) is 4.74 Å². The van der Waals surface area contributed by atoms with Crippen LogP contribution in [-0.4, -0.2) is 6.10 Å². The molecule has 0 radical (unpaired) electrons. The van der Waals surface area contributed by atoms with Crippen LogP contribution >= 0.6 is 0 Å². The van der Waals surface area contributed by atoms with Gasteiger partial charge in [-0.3, -0.25) is 0 Å². The molecule has 0 amide bonds. The Morgan fingerprint density at radius 3 is 2.35 bits per heavy atom. The molecule has 120 valence electrons. The Bertz CT molecular complexity index is 593. The minimum Gasteiger partial charge on any atom is -0.368 e. The Balaban J connectivity index is 1.71. The van der Waals surface area contributed by atoms with Gasteiger partial charge >= 0.3 is 0 Å². The third-order valence-electron chi connectivity index (χ3n) is 5.79. The van der Waals surface area contributed by atoms with E-state index in [1.807, 2.05) is 37.3 Å². The molecule has 0 aromatic heterocycles. The second kappa shape index (κ2) is 6.73. The molecular formula is C20H24N2O. The van der Waals surface area contributed by atoms with Gasteiger partial charge in [0.05, 0.1) is 24.3 Å². The van der Waals surface area contributed by atoms with Crippen LogP contribution in [0.3, 0.4) is 0 Å². The molecule has 3 rings (SSSR count). The summed E-state index contributed by atoms with van der Waals surface area (Å²) in [6, 6.07) is 14.7. The number of ether oxygens (including phenoxy) is 1. The Morgan fingerprint density at radius 2 is 1.74 bits per heavy atom. The number of benzene rings is 1. The van der Waals surface area contributed by atoms with Gasteiger partial charge in [0.1, 0.15) is 0 Å². The van der Waals surface area contributed by atoms with Crippen molar-refractivity contribution in [2.45, 2.75) is 57.7 Å². The molecule has 0 heterocycles. The first-order chi connectivity index (χ1) is 11.2. The topological polar surface area (TPSA) is 56.8 Å². The van der Waals surface area contributed by atoms with Crippen LogP contribution in [0.2, 0.25) is 0 Å². The minimum atomic E-state index is -0.953. The normalized spacial score (nSPS) is 28.1. The lowest BCUT2D eigenvalue weighted by Crippen LogP contribution is -2.56. The molecule has 3 unspecified atom stereocenters. The van der Waals surface area contributed by atoms with Crippen molar-refractivity contribution in [2.24, 2.45) is 17.3 Å². The van der Waals surface area contributed by atoms with Crippen LogP contribution < -0.4 is 0 Å². The van der Waals surface area contributed by atoms with E-state index >= 15 is 0 Å². The largest absolute Gasteiger partial charge is 0.368 e. The summed E-state index contributed by atoms with van der Waals surface area (Å²) in [7, 11) is 0. The molecule has 1 aromatic carbocycles. The lowest BCUT2D eigenvalue weighted by molar-refractivity contribution is -0.146. The van der Waals surface area contributed by atoms with Gasteiger partial charge in [0.2, 0.25) is 0 Å². The summed E-state index contributed by atoms with van der Waals surface area (Å²) < 4.78 is 6.15. The fourth-order valence-corrected chi connectivity index (χ4v) is 4.33. The van der Waals surface area contributed by atoms with Crippen molar-refractivity contribution in [1.82, 2.24) is 0 Å². The summed E-state index contributed by atoms with van der Waals surface area (Å²) in [5, 5.41) is 19.5. The van der Waals surface area contributed by atoms with Gasteiger partial charge in [-0.2, -0.15) is 10.5 Å². The average molecular weight is 308 g/mol. The fourth-order valence-electron chi connectivity index (χ4n) is 4.33. The van der Waals surface area contributed by atoms with Crippen molar-refractivity contribution in [2.75, 3.05) is 0 Å². The number of hydrogen-bond donors (Lipinski definition) is 0. The molecule has 0 N–H and O–H groups in total. The molecule has 2 aliphatic rings. The molecule has 0 spiro atoms. The first-order valence-corrected chi connectivity index (χ1v) is 8.74. The predicted molar refractivity (Wildman–Crippen MR) is 88.1 cm³/mol. The van der Waals surface area contributed by atoms with Crippen LogP contribution in [0.15, 0.2) is 30.3 Å². The highest BCUT2D eigenvalue weighted by Crippen LogP contribution is 2.55. The maximum atomic E-state index is 9.74. The van der Waals surface area contributed by atoms with E-state index < -0.39 is 5.41 Å². The summed E-state index contributed by atoms with van der Waals surface area (Å²) in [6.07, 6.45) is 6.59.